The number of aromatic nitrogens is 2. The first kappa shape index (κ1) is 14.2. The number of esters is 2. The van der Waals surface area contributed by atoms with E-state index in [-0.39, 0.29) is 12.5 Å². The Morgan fingerprint density at radius 3 is 2.33 bits per heavy atom. The van der Waals surface area contributed by atoms with E-state index in [2.05, 4.69) is 5.10 Å². The van der Waals surface area contributed by atoms with Gasteiger partial charge in [-0.1, -0.05) is 0 Å². The molecular formula is C12H18N2O4. The molecule has 0 spiro atoms. The first-order chi connectivity index (χ1) is 8.51. The maximum Gasteiger partial charge on any atom is 0.341 e. The van der Waals surface area contributed by atoms with E-state index < -0.39 is 5.97 Å². The molecule has 6 heteroatoms. The highest BCUT2D eigenvalue weighted by atomic mass is 16.5. The lowest BCUT2D eigenvalue weighted by Crippen LogP contribution is -2.16. The van der Waals surface area contributed by atoms with Gasteiger partial charge in [0.2, 0.25) is 0 Å². The lowest BCUT2D eigenvalue weighted by Gasteiger charge is -2.05. The van der Waals surface area contributed by atoms with Gasteiger partial charge in [-0.15, -0.1) is 0 Å². The quantitative estimate of drug-likeness (QED) is 0.739. The normalized spacial score (nSPS) is 10.2. The largest absolute Gasteiger partial charge is 0.465 e. The molecule has 0 N–H and O–H groups in total. The van der Waals surface area contributed by atoms with Crippen molar-refractivity contribution in [1.82, 2.24) is 9.78 Å². The highest BCUT2D eigenvalue weighted by Crippen LogP contribution is 2.14. The van der Waals surface area contributed by atoms with Crippen LogP contribution in [0.4, 0.5) is 0 Å². The van der Waals surface area contributed by atoms with Crippen LogP contribution in [0.25, 0.3) is 0 Å². The number of ether oxygens (including phenoxy) is 2. The zero-order valence-corrected chi connectivity index (χ0v) is 11.1. The fourth-order valence-corrected chi connectivity index (χ4v) is 1.68. The van der Waals surface area contributed by atoms with E-state index in [4.69, 9.17) is 9.47 Å². The Labute approximate surface area is 106 Å². The third kappa shape index (κ3) is 3.09. The summed E-state index contributed by atoms with van der Waals surface area (Å²) in [6, 6.07) is 0. The number of hydrogen-bond acceptors (Lipinski definition) is 5. The number of aryl methyl sites for hydroxylation is 1. The van der Waals surface area contributed by atoms with Gasteiger partial charge in [-0.05, 0) is 27.7 Å². The van der Waals surface area contributed by atoms with Crippen LogP contribution in [-0.4, -0.2) is 34.9 Å². The van der Waals surface area contributed by atoms with Crippen molar-refractivity contribution in [3.05, 3.63) is 17.0 Å². The molecule has 1 aromatic heterocycles. The predicted octanol–water partition coefficient (Wildman–Crippen LogP) is 1.24. The number of nitrogens with zero attached hydrogens (tertiary/aromatic N) is 2. The zero-order valence-electron chi connectivity index (χ0n) is 11.1. The second-order valence-corrected chi connectivity index (χ2v) is 3.73. The smallest absolute Gasteiger partial charge is 0.341 e. The van der Waals surface area contributed by atoms with Gasteiger partial charge in [0.15, 0.2) is 0 Å². The van der Waals surface area contributed by atoms with Crippen LogP contribution in [0.15, 0.2) is 0 Å². The first-order valence-electron chi connectivity index (χ1n) is 5.88. The average molecular weight is 254 g/mol. The second-order valence-electron chi connectivity index (χ2n) is 3.73. The van der Waals surface area contributed by atoms with E-state index >= 15 is 0 Å². The van der Waals surface area contributed by atoms with Crippen molar-refractivity contribution in [2.45, 2.75) is 34.2 Å². The molecule has 1 heterocycles. The molecule has 6 nitrogen and oxygen atoms in total. The van der Waals surface area contributed by atoms with Crippen molar-refractivity contribution in [3.63, 3.8) is 0 Å². The van der Waals surface area contributed by atoms with Gasteiger partial charge in [0.25, 0.3) is 0 Å². The molecule has 0 aliphatic rings. The van der Waals surface area contributed by atoms with E-state index in [0.29, 0.717) is 30.2 Å². The molecule has 0 aliphatic heterocycles. The average Bonchev–Trinajstić information content (AvgIpc) is 2.54. The van der Waals surface area contributed by atoms with E-state index in [1.165, 1.54) is 4.68 Å². The van der Waals surface area contributed by atoms with Crippen molar-refractivity contribution in [3.8, 4) is 0 Å². The van der Waals surface area contributed by atoms with E-state index in [1.807, 2.05) is 0 Å². The number of hydrogen-bond donors (Lipinski definition) is 0. The summed E-state index contributed by atoms with van der Waals surface area (Å²) >= 11 is 0. The van der Waals surface area contributed by atoms with E-state index in [0.717, 1.165) is 0 Å². The molecule has 0 atom stereocenters. The molecule has 1 aromatic rings. The zero-order chi connectivity index (χ0) is 13.7. The maximum atomic E-state index is 11.7. The predicted molar refractivity (Wildman–Crippen MR) is 64.3 cm³/mol. The third-order valence-electron chi connectivity index (χ3n) is 2.45. The van der Waals surface area contributed by atoms with E-state index in [9.17, 15) is 9.59 Å². The molecule has 0 radical (unpaired) electrons. The summed E-state index contributed by atoms with van der Waals surface area (Å²) in [5.41, 5.74) is 1.58. The van der Waals surface area contributed by atoms with Crippen LogP contribution >= 0.6 is 0 Å². The lowest BCUT2D eigenvalue weighted by molar-refractivity contribution is -0.144. The van der Waals surface area contributed by atoms with Crippen molar-refractivity contribution < 1.29 is 19.1 Å². The second kappa shape index (κ2) is 6.18. The van der Waals surface area contributed by atoms with Gasteiger partial charge in [-0.2, -0.15) is 5.10 Å². The van der Waals surface area contributed by atoms with Crippen molar-refractivity contribution in [2.24, 2.45) is 0 Å². The van der Waals surface area contributed by atoms with Crippen molar-refractivity contribution in [1.29, 1.82) is 0 Å². The summed E-state index contributed by atoms with van der Waals surface area (Å²) in [7, 11) is 0. The van der Waals surface area contributed by atoms with Crippen LogP contribution in [0.3, 0.4) is 0 Å². The molecule has 0 aliphatic carbocycles. The topological polar surface area (TPSA) is 70.4 Å². The fraction of sp³-hybridized carbons (Fsp3) is 0.583. The monoisotopic (exact) mass is 254 g/mol. The third-order valence-corrected chi connectivity index (χ3v) is 2.45. The Morgan fingerprint density at radius 2 is 1.78 bits per heavy atom. The number of rotatable bonds is 5. The maximum absolute atomic E-state index is 11.7. The molecule has 0 amide bonds. The van der Waals surface area contributed by atoms with Gasteiger partial charge in [0.05, 0.1) is 24.6 Å². The molecule has 1 rings (SSSR count). The lowest BCUT2D eigenvalue weighted by atomic mass is 10.2. The molecular weight excluding hydrogens is 236 g/mol. The number of carbonyl (C=O) groups is 2. The standard InChI is InChI=1S/C12H18N2O4/c1-5-17-10(15)7-14-9(4)11(8(3)13-14)12(16)18-6-2/h5-7H2,1-4H3. The van der Waals surface area contributed by atoms with Gasteiger partial charge in [-0.25, -0.2) is 4.79 Å². The van der Waals surface area contributed by atoms with Crippen LogP contribution in [0.5, 0.6) is 0 Å². The van der Waals surface area contributed by atoms with Crippen LogP contribution in [0.1, 0.15) is 35.6 Å². The highest BCUT2D eigenvalue weighted by molar-refractivity contribution is 5.92. The molecule has 0 unspecified atom stereocenters. The fourth-order valence-electron chi connectivity index (χ4n) is 1.68. The number of carbonyl (C=O) groups excluding carboxylic acids is 2. The van der Waals surface area contributed by atoms with Gasteiger partial charge in [0.1, 0.15) is 12.1 Å². The Balaban J connectivity index is 2.93. The Hall–Kier alpha value is -1.85. The van der Waals surface area contributed by atoms with Gasteiger partial charge >= 0.3 is 11.9 Å². The summed E-state index contributed by atoms with van der Waals surface area (Å²) in [4.78, 5) is 23.1. The minimum atomic E-state index is -0.414. The van der Waals surface area contributed by atoms with Gasteiger partial charge in [0, 0.05) is 0 Å². The highest BCUT2D eigenvalue weighted by Gasteiger charge is 2.20. The molecule has 0 fully saturated rings. The minimum absolute atomic E-state index is 0.0000810. The van der Waals surface area contributed by atoms with Crippen LogP contribution in [-0.2, 0) is 20.8 Å². The Morgan fingerprint density at radius 1 is 1.17 bits per heavy atom. The molecule has 0 bridgehead atoms. The van der Waals surface area contributed by atoms with E-state index in [1.54, 1.807) is 27.7 Å². The Kier molecular flexibility index (Phi) is 4.88. The minimum Gasteiger partial charge on any atom is -0.465 e. The molecule has 0 aromatic carbocycles. The summed E-state index contributed by atoms with van der Waals surface area (Å²) in [6.07, 6.45) is 0. The molecule has 0 saturated heterocycles. The first-order valence-corrected chi connectivity index (χ1v) is 5.88. The van der Waals surface area contributed by atoms with Crippen molar-refractivity contribution >= 4 is 11.9 Å². The van der Waals surface area contributed by atoms with Crippen LogP contribution in [0.2, 0.25) is 0 Å². The molecule has 0 saturated carbocycles. The van der Waals surface area contributed by atoms with Crippen LogP contribution < -0.4 is 0 Å². The van der Waals surface area contributed by atoms with Gasteiger partial charge < -0.3 is 9.47 Å². The molecule has 100 valence electrons. The summed E-state index contributed by atoms with van der Waals surface area (Å²) < 4.78 is 11.2. The van der Waals surface area contributed by atoms with Crippen molar-refractivity contribution in [2.75, 3.05) is 13.2 Å². The SMILES string of the molecule is CCOC(=O)Cn1nc(C)c(C(=O)OCC)c1C. The van der Waals surface area contributed by atoms with Gasteiger partial charge in [-0.3, -0.25) is 9.48 Å². The summed E-state index contributed by atoms with van der Waals surface area (Å²) in [5.74, 6) is -0.791. The molecule has 18 heavy (non-hydrogen) atoms. The van der Waals surface area contributed by atoms with Crippen LogP contribution in [0, 0.1) is 13.8 Å². The summed E-state index contributed by atoms with van der Waals surface area (Å²) in [6.45, 7) is 7.55. The Bertz CT molecular complexity index is 451. The summed E-state index contributed by atoms with van der Waals surface area (Å²) in [5, 5.41) is 4.15.